The molecule has 0 aliphatic heterocycles. The standard InChI is InChI=1S/C9H11NSi/c1-3-11(4-2)9-6-5-7-10-8-9/h3-8,11H,1-2H2. The molecular weight excluding hydrogens is 150 g/mol. The largest absolute Gasteiger partial charge is 0.265 e. The first kappa shape index (κ1) is 7.95. The van der Waals surface area contributed by atoms with Gasteiger partial charge in [-0.1, -0.05) is 17.5 Å². The van der Waals surface area contributed by atoms with Gasteiger partial charge in [0, 0.05) is 12.4 Å². The fourth-order valence-electron chi connectivity index (χ4n) is 0.942. The second kappa shape index (κ2) is 3.88. The summed E-state index contributed by atoms with van der Waals surface area (Å²) in [5.74, 6) is 0. The van der Waals surface area contributed by atoms with Crippen molar-refractivity contribution in [3.05, 3.63) is 49.1 Å². The molecule has 1 aromatic rings. The molecule has 0 spiro atoms. The highest BCUT2D eigenvalue weighted by Gasteiger charge is 2.02. The van der Waals surface area contributed by atoms with Crippen LogP contribution in [0.4, 0.5) is 0 Å². The summed E-state index contributed by atoms with van der Waals surface area (Å²) in [5.41, 5.74) is 3.98. The molecule has 0 N–H and O–H groups in total. The first-order valence-corrected chi connectivity index (χ1v) is 5.44. The molecule has 0 aliphatic rings. The monoisotopic (exact) mass is 161 g/mol. The molecule has 1 rings (SSSR count). The van der Waals surface area contributed by atoms with Crippen molar-refractivity contribution in [3.8, 4) is 0 Å². The molecule has 0 amide bonds. The Morgan fingerprint density at radius 3 is 2.55 bits per heavy atom. The SMILES string of the molecule is C=C[SiH](C=C)c1cccnc1. The Kier molecular flexibility index (Phi) is 2.80. The summed E-state index contributed by atoms with van der Waals surface area (Å²) in [5, 5.41) is 1.28. The van der Waals surface area contributed by atoms with E-state index in [-0.39, 0.29) is 0 Å². The maximum atomic E-state index is 4.04. The lowest BCUT2D eigenvalue weighted by Crippen LogP contribution is -2.25. The molecule has 1 aromatic heterocycles. The number of aromatic nitrogens is 1. The molecule has 56 valence electrons. The van der Waals surface area contributed by atoms with Crippen molar-refractivity contribution in [2.45, 2.75) is 0 Å². The Morgan fingerprint density at radius 2 is 2.09 bits per heavy atom. The molecule has 0 atom stereocenters. The zero-order valence-electron chi connectivity index (χ0n) is 6.40. The maximum absolute atomic E-state index is 4.04. The molecule has 0 radical (unpaired) electrons. The van der Waals surface area contributed by atoms with Gasteiger partial charge in [0.15, 0.2) is 0 Å². The highest BCUT2D eigenvalue weighted by Crippen LogP contribution is 1.87. The Morgan fingerprint density at radius 1 is 1.36 bits per heavy atom. The Balaban J connectivity index is 2.90. The van der Waals surface area contributed by atoms with E-state index in [1.807, 2.05) is 23.7 Å². The number of nitrogens with zero attached hydrogens (tertiary/aromatic N) is 1. The van der Waals surface area contributed by atoms with Gasteiger partial charge in [-0.05, 0) is 11.3 Å². The molecule has 0 aromatic carbocycles. The number of rotatable bonds is 3. The minimum atomic E-state index is -1.09. The highest BCUT2D eigenvalue weighted by molar-refractivity contribution is 6.81. The molecule has 2 heteroatoms. The quantitative estimate of drug-likeness (QED) is 0.602. The van der Waals surface area contributed by atoms with Crippen molar-refractivity contribution in [1.82, 2.24) is 4.98 Å². The molecule has 0 bridgehead atoms. The third kappa shape index (κ3) is 1.88. The zero-order valence-corrected chi connectivity index (χ0v) is 7.56. The van der Waals surface area contributed by atoms with Crippen molar-refractivity contribution >= 4 is 14.0 Å². The van der Waals surface area contributed by atoms with E-state index >= 15 is 0 Å². The number of pyridine rings is 1. The van der Waals surface area contributed by atoms with Crippen LogP contribution < -0.4 is 5.19 Å². The van der Waals surface area contributed by atoms with E-state index in [9.17, 15) is 0 Å². The summed E-state index contributed by atoms with van der Waals surface area (Å²) in [7, 11) is -1.09. The molecular formula is C9H11NSi. The Labute approximate surface area is 68.7 Å². The van der Waals surface area contributed by atoms with Crippen LogP contribution >= 0.6 is 0 Å². The smallest absolute Gasteiger partial charge is 0.118 e. The average molecular weight is 161 g/mol. The lowest BCUT2D eigenvalue weighted by Gasteiger charge is -2.02. The van der Waals surface area contributed by atoms with Crippen LogP contribution in [0.1, 0.15) is 0 Å². The van der Waals surface area contributed by atoms with Crippen LogP contribution in [0.15, 0.2) is 49.1 Å². The molecule has 0 saturated heterocycles. The van der Waals surface area contributed by atoms with Gasteiger partial charge < -0.3 is 0 Å². The molecule has 0 aliphatic carbocycles. The lowest BCUT2D eigenvalue weighted by molar-refractivity contribution is 1.35. The van der Waals surface area contributed by atoms with Gasteiger partial charge in [0.1, 0.15) is 8.80 Å². The number of hydrogen-bond acceptors (Lipinski definition) is 1. The predicted octanol–water partition coefficient (Wildman–Crippen LogP) is 0.966. The van der Waals surface area contributed by atoms with Gasteiger partial charge in [-0.3, -0.25) is 4.98 Å². The predicted molar refractivity (Wildman–Crippen MR) is 51.4 cm³/mol. The van der Waals surface area contributed by atoms with Crippen molar-refractivity contribution in [3.63, 3.8) is 0 Å². The third-order valence-corrected chi connectivity index (χ3v) is 3.70. The van der Waals surface area contributed by atoms with E-state index in [0.717, 1.165) is 0 Å². The van der Waals surface area contributed by atoms with Crippen LogP contribution in [-0.4, -0.2) is 13.8 Å². The molecule has 0 unspecified atom stereocenters. The summed E-state index contributed by atoms with van der Waals surface area (Å²) >= 11 is 0. The molecule has 0 fully saturated rings. The van der Waals surface area contributed by atoms with E-state index in [4.69, 9.17) is 0 Å². The fourth-order valence-corrected chi connectivity index (χ4v) is 2.27. The first-order chi connectivity index (χ1) is 5.38. The minimum Gasteiger partial charge on any atom is -0.265 e. The zero-order chi connectivity index (χ0) is 8.10. The van der Waals surface area contributed by atoms with Gasteiger partial charge in [0.05, 0.1) is 0 Å². The topological polar surface area (TPSA) is 12.9 Å². The molecule has 1 nitrogen and oxygen atoms in total. The van der Waals surface area contributed by atoms with Crippen LogP contribution in [0.25, 0.3) is 0 Å². The summed E-state index contributed by atoms with van der Waals surface area (Å²) in [4.78, 5) is 4.04. The van der Waals surface area contributed by atoms with Gasteiger partial charge in [-0.25, -0.2) is 0 Å². The van der Waals surface area contributed by atoms with E-state index in [1.165, 1.54) is 5.19 Å². The third-order valence-electron chi connectivity index (χ3n) is 1.58. The normalized spacial score (nSPS) is 9.55. The summed E-state index contributed by atoms with van der Waals surface area (Å²) in [6.07, 6.45) is 3.67. The Bertz CT molecular complexity index is 235. The molecule has 11 heavy (non-hydrogen) atoms. The minimum absolute atomic E-state index is 1.09. The van der Waals surface area contributed by atoms with Crippen LogP contribution in [0.2, 0.25) is 0 Å². The van der Waals surface area contributed by atoms with Crippen molar-refractivity contribution in [2.24, 2.45) is 0 Å². The van der Waals surface area contributed by atoms with Gasteiger partial charge in [0.25, 0.3) is 0 Å². The van der Waals surface area contributed by atoms with E-state index in [2.05, 4.69) is 24.2 Å². The van der Waals surface area contributed by atoms with E-state index in [1.54, 1.807) is 6.20 Å². The first-order valence-electron chi connectivity index (χ1n) is 3.53. The second-order valence-electron chi connectivity index (χ2n) is 2.28. The van der Waals surface area contributed by atoms with Crippen LogP contribution in [0, 0.1) is 0 Å². The van der Waals surface area contributed by atoms with Gasteiger partial charge in [-0.15, -0.1) is 13.2 Å². The molecule has 0 saturated carbocycles. The number of hydrogen-bond donors (Lipinski definition) is 0. The Hall–Kier alpha value is -1.15. The molecule has 1 heterocycles. The van der Waals surface area contributed by atoms with Crippen molar-refractivity contribution in [1.29, 1.82) is 0 Å². The van der Waals surface area contributed by atoms with Gasteiger partial charge in [0.2, 0.25) is 0 Å². The fraction of sp³-hybridized carbons (Fsp3) is 0. The lowest BCUT2D eigenvalue weighted by atomic mass is 10.5. The highest BCUT2D eigenvalue weighted by atomic mass is 28.3. The van der Waals surface area contributed by atoms with E-state index in [0.29, 0.717) is 0 Å². The maximum Gasteiger partial charge on any atom is 0.118 e. The van der Waals surface area contributed by atoms with E-state index < -0.39 is 8.80 Å². The van der Waals surface area contributed by atoms with Crippen LogP contribution in [-0.2, 0) is 0 Å². The van der Waals surface area contributed by atoms with Gasteiger partial charge >= 0.3 is 0 Å². The average Bonchev–Trinajstić information content (AvgIpc) is 2.09. The van der Waals surface area contributed by atoms with Crippen molar-refractivity contribution in [2.75, 3.05) is 0 Å². The summed E-state index contributed by atoms with van der Waals surface area (Å²) in [6, 6.07) is 4.02. The summed E-state index contributed by atoms with van der Waals surface area (Å²) in [6.45, 7) is 7.54. The second-order valence-corrected chi connectivity index (χ2v) is 4.94. The van der Waals surface area contributed by atoms with Crippen LogP contribution in [0.3, 0.4) is 0 Å². The summed E-state index contributed by atoms with van der Waals surface area (Å²) < 4.78 is 0. The van der Waals surface area contributed by atoms with Gasteiger partial charge in [-0.2, -0.15) is 0 Å². The van der Waals surface area contributed by atoms with Crippen molar-refractivity contribution < 1.29 is 0 Å². The van der Waals surface area contributed by atoms with Crippen LogP contribution in [0.5, 0.6) is 0 Å².